The lowest BCUT2D eigenvalue weighted by Gasteiger charge is -2.33. The number of anilines is 2. The number of carbonyl (C=O) groups excluding carboxylic acids is 1. The van der Waals surface area contributed by atoms with Crippen LogP contribution in [0.2, 0.25) is 0 Å². The number of benzene rings is 1. The Labute approximate surface area is 195 Å². The number of carbonyl (C=O) groups is 2. The molecule has 2 amide bonds. The predicted octanol–water partition coefficient (Wildman–Crippen LogP) is 5.59. The van der Waals surface area contributed by atoms with E-state index in [9.17, 15) is 14.7 Å². The summed E-state index contributed by atoms with van der Waals surface area (Å²) < 4.78 is -0.858. The van der Waals surface area contributed by atoms with Crippen LogP contribution in [-0.4, -0.2) is 53.4 Å². The molecular formula is C25H35N3O3S. The lowest BCUT2D eigenvalue weighted by Crippen LogP contribution is -2.42. The van der Waals surface area contributed by atoms with Gasteiger partial charge in [0.2, 0.25) is 0 Å². The first-order valence-electron chi connectivity index (χ1n) is 11.1. The number of amides is 2. The largest absolute Gasteiger partial charge is 0.480 e. The molecule has 7 heteroatoms. The molecule has 0 aromatic heterocycles. The molecule has 0 heterocycles. The highest BCUT2D eigenvalue weighted by molar-refractivity contribution is 8.05. The van der Waals surface area contributed by atoms with Crippen LogP contribution in [0.5, 0.6) is 0 Å². The van der Waals surface area contributed by atoms with Crippen LogP contribution in [0.25, 0.3) is 0 Å². The van der Waals surface area contributed by atoms with E-state index in [1.165, 1.54) is 17.3 Å². The number of rotatable bonds is 7. The molecule has 2 N–H and O–H groups in total. The normalized spacial score (nSPS) is 22.5. The van der Waals surface area contributed by atoms with Crippen LogP contribution in [0.4, 0.5) is 16.2 Å². The van der Waals surface area contributed by atoms with Crippen molar-refractivity contribution in [3.05, 3.63) is 46.9 Å². The Morgan fingerprint density at radius 3 is 2.44 bits per heavy atom. The van der Waals surface area contributed by atoms with E-state index in [2.05, 4.69) is 24.4 Å². The van der Waals surface area contributed by atoms with Gasteiger partial charge in [-0.2, -0.15) is 0 Å². The fourth-order valence-electron chi connectivity index (χ4n) is 4.58. The molecular weight excluding hydrogens is 422 g/mol. The van der Waals surface area contributed by atoms with Gasteiger partial charge in [0.25, 0.3) is 0 Å². The van der Waals surface area contributed by atoms with Gasteiger partial charge in [-0.05, 0) is 74.6 Å². The highest BCUT2D eigenvalue weighted by Crippen LogP contribution is 2.53. The number of thioether (sulfide) groups is 1. The number of carboxylic acids is 1. The summed E-state index contributed by atoms with van der Waals surface area (Å²) in [5.41, 5.74) is 3.18. The summed E-state index contributed by atoms with van der Waals surface area (Å²) in [4.78, 5) is 29.7. The van der Waals surface area contributed by atoms with Gasteiger partial charge in [-0.3, -0.25) is 4.79 Å². The Morgan fingerprint density at radius 1 is 1.22 bits per heavy atom. The van der Waals surface area contributed by atoms with Crippen LogP contribution in [0, 0.1) is 5.41 Å². The molecule has 0 radical (unpaired) electrons. The summed E-state index contributed by atoms with van der Waals surface area (Å²) in [6.45, 7) is 8.38. The van der Waals surface area contributed by atoms with E-state index in [-0.39, 0.29) is 17.5 Å². The first kappa shape index (κ1) is 24.2. The third kappa shape index (κ3) is 5.14. The van der Waals surface area contributed by atoms with Crippen molar-refractivity contribution >= 4 is 35.1 Å². The molecule has 1 saturated carbocycles. The standard InChI is InChI=1S/C25H35N3O3S/c1-7-28(23(31)26-18-9-11-19(12-10-18)27(5)6)20-14-17-8-13-21(16-25(17,4)15-20)32-24(2,3)22(29)30/h8-13,20H,7,14-16H2,1-6H3,(H,26,31)(H,29,30). The Morgan fingerprint density at radius 2 is 1.88 bits per heavy atom. The minimum atomic E-state index is -0.858. The minimum Gasteiger partial charge on any atom is -0.480 e. The molecule has 1 fully saturated rings. The van der Waals surface area contributed by atoms with Crippen molar-refractivity contribution < 1.29 is 14.7 Å². The summed E-state index contributed by atoms with van der Waals surface area (Å²) >= 11 is 1.43. The molecule has 174 valence electrons. The lowest BCUT2D eigenvalue weighted by atomic mass is 9.78. The second-order valence-electron chi connectivity index (χ2n) is 9.70. The van der Waals surface area contributed by atoms with Crippen molar-refractivity contribution in [1.82, 2.24) is 4.90 Å². The number of nitrogens with one attached hydrogen (secondary N) is 1. The Bertz CT molecular complexity index is 936. The first-order chi connectivity index (χ1) is 14.9. The summed E-state index contributed by atoms with van der Waals surface area (Å²) in [6, 6.07) is 7.89. The van der Waals surface area contributed by atoms with Gasteiger partial charge >= 0.3 is 12.0 Å². The Hall–Kier alpha value is -2.41. The van der Waals surface area contributed by atoms with Gasteiger partial charge in [-0.15, -0.1) is 11.8 Å². The van der Waals surface area contributed by atoms with E-state index >= 15 is 0 Å². The molecule has 2 unspecified atom stereocenters. The number of urea groups is 1. The van der Waals surface area contributed by atoms with Gasteiger partial charge in [0.1, 0.15) is 4.75 Å². The third-order valence-corrected chi connectivity index (χ3v) is 7.76. The number of hydrogen-bond acceptors (Lipinski definition) is 4. The maximum atomic E-state index is 13.1. The zero-order chi connectivity index (χ0) is 23.7. The number of aliphatic carboxylic acids is 1. The fourth-order valence-corrected chi connectivity index (χ4v) is 5.85. The average Bonchev–Trinajstić information content (AvgIpc) is 3.04. The van der Waals surface area contributed by atoms with E-state index < -0.39 is 10.7 Å². The molecule has 3 rings (SSSR count). The molecule has 0 aliphatic heterocycles. The number of nitrogens with zero attached hydrogens (tertiary/aromatic N) is 2. The van der Waals surface area contributed by atoms with Crippen molar-refractivity contribution in [2.45, 2.75) is 57.7 Å². The van der Waals surface area contributed by atoms with Crippen LogP contribution in [0.1, 0.15) is 47.0 Å². The van der Waals surface area contributed by atoms with Crippen molar-refractivity contribution in [3.63, 3.8) is 0 Å². The van der Waals surface area contributed by atoms with Gasteiger partial charge in [0, 0.05) is 38.1 Å². The minimum absolute atomic E-state index is 0.0443. The van der Waals surface area contributed by atoms with E-state index in [1.807, 2.05) is 55.1 Å². The van der Waals surface area contributed by atoms with Gasteiger partial charge in [-0.1, -0.05) is 24.6 Å². The van der Waals surface area contributed by atoms with Crippen LogP contribution in [-0.2, 0) is 4.79 Å². The third-order valence-electron chi connectivity index (χ3n) is 6.53. The van der Waals surface area contributed by atoms with E-state index in [4.69, 9.17) is 0 Å². The molecule has 1 aromatic carbocycles. The van der Waals surface area contributed by atoms with Gasteiger partial charge in [0.15, 0.2) is 0 Å². The SMILES string of the molecule is CCN(C(=O)Nc1ccc(N(C)C)cc1)C1CC2=CC=C(SC(C)(C)C(=O)O)CC2(C)C1. The maximum absolute atomic E-state index is 13.1. The molecule has 2 aliphatic carbocycles. The van der Waals surface area contributed by atoms with Crippen LogP contribution < -0.4 is 10.2 Å². The zero-order valence-electron chi connectivity index (χ0n) is 19.9. The Balaban J connectivity index is 1.67. The predicted molar refractivity (Wildman–Crippen MR) is 133 cm³/mol. The topological polar surface area (TPSA) is 72.9 Å². The summed E-state index contributed by atoms with van der Waals surface area (Å²) in [5.74, 6) is -0.805. The molecule has 32 heavy (non-hydrogen) atoms. The first-order valence-corrected chi connectivity index (χ1v) is 11.9. The van der Waals surface area contributed by atoms with E-state index in [1.54, 1.807) is 13.8 Å². The molecule has 6 nitrogen and oxygen atoms in total. The van der Waals surface area contributed by atoms with Crippen LogP contribution >= 0.6 is 11.8 Å². The fraction of sp³-hybridized carbons (Fsp3) is 0.520. The quantitative estimate of drug-likeness (QED) is 0.559. The van der Waals surface area contributed by atoms with Crippen molar-refractivity contribution in [2.24, 2.45) is 5.41 Å². The molecule has 2 atom stereocenters. The van der Waals surface area contributed by atoms with Crippen molar-refractivity contribution in [1.29, 1.82) is 0 Å². The maximum Gasteiger partial charge on any atom is 0.322 e. The molecule has 0 spiro atoms. The van der Waals surface area contributed by atoms with Crippen molar-refractivity contribution in [3.8, 4) is 0 Å². The molecule has 1 aromatic rings. The van der Waals surface area contributed by atoms with E-state index in [0.717, 1.165) is 35.5 Å². The van der Waals surface area contributed by atoms with E-state index in [0.29, 0.717) is 6.54 Å². The number of allylic oxidation sites excluding steroid dienone is 3. The molecule has 0 saturated heterocycles. The summed E-state index contributed by atoms with van der Waals surface area (Å²) in [7, 11) is 3.98. The van der Waals surface area contributed by atoms with Gasteiger partial charge < -0.3 is 20.2 Å². The summed E-state index contributed by atoms with van der Waals surface area (Å²) in [5, 5.41) is 12.5. The van der Waals surface area contributed by atoms with Crippen LogP contribution in [0.3, 0.4) is 0 Å². The summed E-state index contributed by atoms with van der Waals surface area (Å²) in [6.07, 6.45) is 6.77. The second kappa shape index (κ2) is 9.22. The highest BCUT2D eigenvalue weighted by atomic mass is 32.2. The van der Waals surface area contributed by atoms with Crippen LogP contribution in [0.15, 0.2) is 46.9 Å². The number of carboxylic acid groups (broad SMARTS) is 1. The monoisotopic (exact) mass is 457 g/mol. The number of hydrogen-bond donors (Lipinski definition) is 2. The van der Waals surface area contributed by atoms with Crippen molar-refractivity contribution in [2.75, 3.05) is 30.9 Å². The van der Waals surface area contributed by atoms with Gasteiger partial charge in [0.05, 0.1) is 0 Å². The Kier molecular flexibility index (Phi) is 6.98. The molecule has 0 bridgehead atoms. The molecule has 2 aliphatic rings. The number of fused-ring (bicyclic) bond motifs is 1. The van der Waals surface area contributed by atoms with Gasteiger partial charge in [-0.25, -0.2) is 4.79 Å². The highest BCUT2D eigenvalue weighted by Gasteiger charge is 2.45. The average molecular weight is 458 g/mol. The second-order valence-corrected chi connectivity index (χ2v) is 11.4. The smallest absolute Gasteiger partial charge is 0.322 e. The lowest BCUT2D eigenvalue weighted by molar-refractivity contribution is -0.138. The zero-order valence-corrected chi connectivity index (χ0v) is 20.8.